The molecule has 0 radical (unpaired) electrons. The first-order valence-electron chi connectivity index (χ1n) is 5.45. The molecule has 4 nitrogen and oxygen atoms in total. The molecule has 17 heavy (non-hydrogen) atoms. The Labute approximate surface area is 105 Å². The maximum absolute atomic E-state index is 6.01. The van der Waals surface area contributed by atoms with Gasteiger partial charge in [0.2, 0.25) is 5.88 Å². The summed E-state index contributed by atoms with van der Waals surface area (Å²) < 4.78 is 10.8. The van der Waals surface area contributed by atoms with Gasteiger partial charge in [-0.15, -0.1) is 0 Å². The van der Waals surface area contributed by atoms with Crippen LogP contribution in [0.15, 0.2) is 29.1 Å². The zero-order chi connectivity index (χ0) is 12.1. The van der Waals surface area contributed by atoms with E-state index in [1.807, 2.05) is 12.1 Å². The van der Waals surface area contributed by atoms with Gasteiger partial charge in [-0.25, -0.2) is 9.97 Å². The van der Waals surface area contributed by atoms with E-state index in [1.54, 1.807) is 6.26 Å². The van der Waals surface area contributed by atoms with E-state index >= 15 is 0 Å². The molecule has 90 valence electrons. The summed E-state index contributed by atoms with van der Waals surface area (Å²) >= 11 is 6.01. The summed E-state index contributed by atoms with van der Waals surface area (Å²) in [4.78, 5) is 8.05. The first kappa shape index (κ1) is 11.9. The van der Waals surface area contributed by atoms with Gasteiger partial charge in [0.1, 0.15) is 23.8 Å². The van der Waals surface area contributed by atoms with E-state index in [0.29, 0.717) is 17.6 Å². The van der Waals surface area contributed by atoms with Crippen LogP contribution < -0.4 is 4.74 Å². The van der Waals surface area contributed by atoms with Gasteiger partial charge in [0.25, 0.3) is 0 Å². The maximum Gasteiger partial charge on any atom is 0.221 e. The van der Waals surface area contributed by atoms with E-state index < -0.39 is 0 Å². The van der Waals surface area contributed by atoms with Crippen LogP contribution in [-0.4, -0.2) is 9.97 Å². The largest absolute Gasteiger partial charge is 0.469 e. The molecule has 0 aliphatic heterocycles. The van der Waals surface area contributed by atoms with E-state index in [-0.39, 0.29) is 0 Å². The molecule has 0 saturated carbocycles. The molecule has 0 amide bonds. The van der Waals surface area contributed by atoms with Gasteiger partial charge in [-0.3, -0.25) is 0 Å². The van der Waals surface area contributed by atoms with E-state index in [4.69, 9.17) is 20.8 Å². The molecule has 0 bridgehead atoms. The van der Waals surface area contributed by atoms with Crippen molar-refractivity contribution in [2.45, 2.75) is 26.4 Å². The Morgan fingerprint density at radius 2 is 2.29 bits per heavy atom. The van der Waals surface area contributed by atoms with Gasteiger partial charge >= 0.3 is 0 Å². The second kappa shape index (κ2) is 5.68. The Morgan fingerprint density at radius 1 is 1.41 bits per heavy atom. The Bertz CT molecular complexity index is 471. The first-order chi connectivity index (χ1) is 8.31. The van der Waals surface area contributed by atoms with Crippen LogP contribution in [0.3, 0.4) is 0 Å². The molecule has 2 aromatic heterocycles. The SMILES string of the molecule is CCCc1c(Cl)ncnc1OCc1ccco1. The highest BCUT2D eigenvalue weighted by Gasteiger charge is 2.10. The van der Waals surface area contributed by atoms with Crippen LogP contribution in [0.1, 0.15) is 24.7 Å². The summed E-state index contributed by atoms with van der Waals surface area (Å²) in [6, 6.07) is 3.67. The fourth-order valence-corrected chi connectivity index (χ4v) is 1.71. The number of ether oxygens (including phenoxy) is 1. The summed E-state index contributed by atoms with van der Waals surface area (Å²) in [5.41, 5.74) is 0.850. The molecule has 0 unspecified atom stereocenters. The second-order valence-corrected chi connectivity index (χ2v) is 3.92. The fourth-order valence-electron chi connectivity index (χ4n) is 1.49. The van der Waals surface area contributed by atoms with E-state index in [2.05, 4.69) is 16.9 Å². The normalized spacial score (nSPS) is 10.5. The molecule has 0 N–H and O–H groups in total. The van der Waals surface area contributed by atoms with Crippen LogP contribution in [0.2, 0.25) is 5.15 Å². The quantitative estimate of drug-likeness (QED) is 0.767. The molecule has 0 fully saturated rings. The summed E-state index contributed by atoms with van der Waals surface area (Å²) in [5, 5.41) is 0.455. The van der Waals surface area contributed by atoms with Crippen molar-refractivity contribution in [1.82, 2.24) is 9.97 Å². The topological polar surface area (TPSA) is 48.2 Å². The van der Waals surface area contributed by atoms with Gasteiger partial charge in [-0.05, 0) is 18.6 Å². The van der Waals surface area contributed by atoms with Gasteiger partial charge in [0, 0.05) is 0 Å². The standard InChI is InChI=1S/C12H13ClN2O2/c1-2-4-10-11(13)14-8-15-12(10)17-7-9-5-3-6-16-9/h3,5-6,8H,2,4,7H2,1H3. The van der Waals surface area contributed by atoms with E-state index in [1.165, 1.54) is 6.33 Å². The summed E-state index contributed by atoms with van der Waals surface area (Å²) in [7, 11) is 0. The number of furan rings is 1. The molecule has 2 aromatic rings. The summed E-state index contributed by atoms with van der Waals surface area (Å²) in [6.45, 7) is 2.41. The van der Waals surface area contributed by atoms with Crippen LogP contribution in [0.25, 0.3) is 0 Å². The minimum atomic E-state index is 0.344. The number of aromatic nitrogens is 2. The number of hydrogen-bond donors (Lipinski definition) is 0. The summed E-state index contributed by atoms with van der Waals surface area (Å²) in [6.07, 6.45) is 4.77. The highest BCUT2D eigenvalue weighted by atomic mass is 35.5. The van der Waals surface area contributed by atoms with Crippen LogP contribution in [-0.2, 0) is 13.0 Å². The first-order valence-corrected chi connectivity index (χ1v) is 5.83. The van der Waals surface area contributed by atoms with Crippen molar-refractivity contribution in [3.05, 3.63) is 41.2 Å². The van der Waals surface area contributed by atoms with Crippen molar-refractivity contribution in [2.24, 2.45) is 0 Å². The fraction of sp³-hybridized carbons (Fsp3) is 0.333. The van der Waals surface area contributed by atoms with E-state index in [0.717, 1.165) is 24.2 Å². The molecular formula is C12H13ClN2O2. The van der Waals surface area contributed by atoms with Gasteiger partial charge in [0.15, 0.2) is 0 Å². The van der Waals surface area contributed by atoms with Crippen molar-refractivity contribution in [1.29, 1.82) is 0 Å². The predicted molar refractivity (Wildman–Crippen MR) is 64.1 cm³/mol. The second-order valence-electron chi connectivity index (χ2n) is 3.57. The highest BCUT2D eigenvalue weighted by Crippen LogP contribution is 2.24. The lowest BCUT2D eigenvalue weighted by Crippen LogP contribution is -2.02. The maximum atomic E-state index is 6.01. The molecule has 0 aliphatic carbocycles. The third-order valence-electron chi connectivity index (χ3n) is 2.28. The average molecular weight is 253 g/mol. The van der Waals surface area contributed by atoms with Crippen molar-refractivity contribution < 1.29 is 9.15 Å². The average Bonchev–Trinajstić information content (AvgIpc) is 2.83. The third kappa shape index (κ3) is 2.97. The Balaban J connectivity index is 2.11. The monoisotopic (exact) mass is 252 g/mol. The Kier molecular flexibility index (Phi) is 3.98. The van der Waals surface area contributed by atoms with Crippen molar-refractivity contribution in [3.63, 3.8) is 0 Å². The van der Waals surface area contributed by atoms with E-state index in [9.17, 15) is 0 Å². The summed E-state index contributed by atoms with van der Waals surface area (Å²) in [5.74, 6) is 1.28. The van der Waals surface area contributed by atoms with Crippen LogP contribution in [0.5, 0.6) is 5.88 Å². The number of nitrogens with zero attached hydrogens (tertiary/aromatic N) is 2. The van der Waals surface area contributed by atoms with Gasteiger partial charge < -0.3 is 9.15 Å². The van der Waals surface area contributed by atoms with Crippen molar-refractivity contribution >= 4 is 11.6 Å². The van der Waals surface area contributed by atoms with Crippen molar-refractivity contribution in [2.75, 3.05) is 0 Å². The number of rotatable bonds is 5. The molecule has 0 spiro atoms. The Morgan fingerprint density at radius 3 is 3.00 bits per heavy atom. The minimum absolute atomic E-state index is 0.344. The van der Waals surface area contributed by atoms with Crippen LogP contribution in [0.4, 0.5) is 0 Å². The van der Waals surface area contributed by atoms with Gasteiger partial charge in [-0.2, -0.15) is 0 Å². The number of halogens is 1. The zero-order valence-corrected chi connectivity index (χ0v) is 10.3. The van der Waals surface area contributed by atoms with Crippen LogP contribution >= 0.6 is 11.6 Å². The van der Waals surface area contributed by atoms with Crippen molar-refractivity contribution in [3.8, 4) is 5.88 Å². The van der Waals surface area contributed by atoms with Crippen LogP contribution in [0, 0.1) is 0 Å². The molecule has 2 heterocycles. The third-order valence-corrected chi connectivity index (χ3v) is 2.61. The molecule has 0 atom stereocenters. The molecule has 0 aliphatic rings. The van der Waals surface area contributed by atoms with Gasteiger partial charge in [-0.1, -0.05) is 24.9 Å². The zero-order valence-electron chi connectivity index (χ0n) is 9.52. The molecule has 5 heteroatoms. The lowest BCUT2D eigenvalue weighted by molar-refractivity contribution is 0.257. The lowest BCUT2D eigenvalue weighted by atomic mass is 10.2. The van der Waals surface area contributed by atoms with Gasteiger partial charge in [0.05, 0.1) is 11.8 Å². The molecule has 0 aromatic carbocycles. The lowest BCUT2D eigenvalue weighted by Gasteiger charge is -2.09. The number of hydrogen-bond acceptors (Lipinski definition) is 4. The Hall–Kier alpha value is -1.55. The predicted octanol–water partition coefficient (Wildman–Crippen LogP) is 3.25. The minimum Gasteiger partial charge on any atom is -0.469 e. The molecule has 0 saturated heterocycles. The highest BCUT2D eigenvalue weighted by molar-refractivity contribution is 6.30. The molecule has 2 rings (SSSR count). The smallest absolute Gasteiger partial charge is 0.221 e. The molecular weight excluding hydrogens is 240 g/mol.